The summed E-state index contributed by atoms with van der Waals surface area (Å²) in [5.74, 6) is 0.447. The summed E-state index contributed by atoms with van der Waals surface area (Å²) in [4.78, 5) is 4.52. The molecule has 0 saturated heterocycles. The molecule has 2 N–H and O–H groups in total. The van der Waals surface area contributed by atoms with Crippen molar-refractivity contribution >= 4 is 11.4 Å². The molecule has 32 heavy (non-hydrogen) atoms. The van der Waals surface area contributed by atoms with Crippen molar-refractivity contribution in [2.24, 2.45) is 0 Å². The zero-order valence-electron chi connectivity index (χ0n) is 18.6. The van der Waals surface area contributed by atoms with Crippen molar-refractivity contribution in [3.05, 3.63) is 125 Å². The number of nitrogens with zero attached hydrogens (tertiary/aromatic N) is 1. The number of aromatic nitrogens is 1. The molecule has 0 unspecified atom stereocenters. The molecule has 0 aliphatic carbocycles. The lowest BCUT2D eigenvalue weighted by Crippen LogP contribution is -2.38. The van der Waals surface area contributed by atoms with Crippen molar-refractivity contribution < 1.29 is 4.74 Å². The van der Waals surface area contributed by atoms with Crippen LogP contribution in [0.3, 0.4) is 0 Å². The molecule has 0 aliphatic heterocycles. The van der Waals surface area contributed by atoms with Crippen LogP contribution in [0.1, 0.15) is 34.9 Å². The third-order valence-electron chi connectivity index (χ3n) is 5.63. The van der Waals surface area contributed by atoms with Gasteiger partial charge in [0.2, 0.25) is 5.88 Å². The highest BCUT2D eigenvalue weighted by atomic mass is 16.5. The Labute approximate surface area is 189 Å². The molecule has 0 fully saturated rings. The van der Waals surface area contributed by atoms with Gasteiger partial charge in [-0.25, -0.2) is 4.98 Å². The first-order valence-electron chi connectivity index (χ1n) is 10.6. The summed E-state index contributed by atoms with van der Waals surface area (Å²) in [6.07, 6.45) is 0. The minimum absolute atomic E-state index is 0.389. The van der Waals surface area contributed by atoms with E-state index in [1.165, 1.54) is 0 Å². The Hall–Kier alpha value is -3.92. The topological polar surface area (TPSA) is 58.0 Å². The SMILES string of the molecule is COc1nc(C)cc(NC(c2ccccc2)(c2ccccc2)c2ccccc2)c1C(C)=N. The Kier molecular flexibility index (Phi) is 6.04. The number of rotatable bonds is 7. The van der Waals surface area contributed by atoms with Crippen LogP contribution in [0.4, 0.5) is 5.69 Å². The number of anilines is 1. The highest BCUT2D eigenvalue weighted by Crippen LogP contribution is 2.41. The Morgan fingerprint density at radius 2 is 1.25 bits per heavy atom. The van der Waals surface area contributed by atoms with Crippen LogP contribution < -0.4 is 10.1 Å². The van der Waals surface area contributed by atoms with Crippen LogP contribution in [0.15, 0.2) is 97.1 Å². The molecule has 160 valence electrons. The molecule has 4 rings (SSSR count). The fraction of sp³-hybridized carbons (Fsp3) is 0.143. The number of pyridine rings is 1. The fourth-order valence-electron chi connectivity index (χ4n) is 4.24. The molecule has 0 amide bonds. The summed E-state index contributed by atoms with van der Waals surface area (Å²) in [7, 11) is 1.59. The van der Waals surface area contributed by atoms with E-state index in [4.69, 9.17) is 10.1 Å². The van der Waals surface area contributed by atoms with Gasteiger partial charge in [-0.15, -0.1) is 0 Å². The lowest BCUT2D eigenvalue weighted by atomic mass is 9.76. The van der Waals surface area contributed by atoms with Gasteiger partial charge in [0.05, 0.1) is 18.4 Å². The molecular weight excluding hydrogens is 394 g/mol. The summed E-state index contributed by atoms with van der Waals surface area (Å²) >= 11 is 0. The molecule has 0 atom stereocenters. The van der Waals surface area contributed by atoms with Gasteiger partial charge in [0.1, 0.15) is 5.54 Å². The summed E-state index contributed by atoms with van der Waals surface area (Å²) < 4.78 is 5.57. The maximum absolute atomic E-state index is 8.45. The quantitative estimate of drug-likeness (QED) is 0.276. The van der Waals surface area contributed by atoms with Gasteiger partial charge in [-0.1, -0.05) is 91.0 Å². The average molecular weight is 422 g/mol. The van der Waals surface area contributed by atoms with Gasteiger partial charge < -0.3 is 15.5 Å². The van der Waals surface area contributed by atoms with Crippen molar-refractivity contribution in [3.8, 4) is 5.88 Å². The molecule has 0 spiro atoms. The molecule has 0 bridgehead atoms. The van der Waals surface area contributed by atoms with Crippen molar-refractivity contribution in [2.75, 3.05) is 12.4 Å². The van der Waals surface area contributed by atoms with E-state index in [0.717, 1.165) is 28.1 Å². The molecule has 4 aromatic rings. The lowest BCUT2D eigenvalue weighted by Gasteiger charge is -2.38. The van der Waals surface area contributed by atoms with Crippen molar-refractivity contribution in [1.82, 2.24) is 4.98 Å². The van der Waals surface area contributed by atoms with E-state index in [0.29, 0.717) is 17.2 Å². The van der Waals surface area contributed by atoms with E-state index in [-0.39, 0.29) is 0 Å². The minimum atomic E-state index is -0.688. The van der Waals surface area contributed by atoms with E-state index >= 15 is 0 Å². The standard InChI is InChI=1S/C28H27N3O/c1-20-19-25(26(21(2)29)27(30-20)32-3)31-28(22-13-7-4-8-14-22,23-15-9-5-10-16-23)24-17-11-6-12-18-24/h4-19,29H,1-3H3,(H,30,31). The second kappa shape index (κ2) is 9.06. The summed E-state index contributed by atoms with van der Waals surface area (Å²) in [6, 6.07) is 33.2. The van der Waals surface area contributed by atoms with Gasteiger partial charge in [0, 0.05) is 11.4 Å². The van der Waals surface area contributed by atoms with Gasteiger partial charge in [-0.2, -0.15) is 0 Å². The second-order valence-electron chi connectivity index (χ2n) is 7.79. The molecule has 4 nitrogen and oxygen atoms in total. The summed E-state index contributed by atoms with van der Waals surface area (Å²) in [5, 5.41) is 12.3. The van der Waals surface area contributed by atoms with E-state index < -0.39 is 5.54 Å². The van der Waals surface area contributed by atoms with E-state index in [1.807, 2.05) is 31.2 Å². The highest BCUT2D eigenvalue weighted by Gasteiger charge is 2.37. The van der Waals surface area contributed by atoms with Crippen LogP contribution in [0.5, 0.6) is 5.88 Å². The summed E-state index contributed by atoms with van der Waals surface area (Å²) in [6.45, 7) is 3.70. The maximum Gasteiger partial charge on any atom is 0.224 e. The molecule has 3 aromatic carbocycles. The van der Waals surface area contributed by atoms with Gasteiger partial charge in [-0.05, 0) is 36.6 Å². The van der Waals surface area contributed by atoms with Gasteiger partial charge >= 0.3 is 0 Å². The number of ether oxygens (including phenoxy) is 1. The van der Waals surface area contributed by atoms with Crippen molar-refractivity contribution in [3.63, 3.8) is 0 Å². The molecule has 1 aromatic heterocycles. The molecule has 0 radical (unpaired) electrons. The molecule has 0 saturated carbocycles. The zero-order valence-corrected chi connectivity index (χ0v) is 18.6. The molecular formula is C28H27N3O. The zero-order chi connectivity index (χ0) is 22.6. The monoisotopic (exact) mass is 421 g/mol. The van der Waals surface area contributed by atoms with Crippen LogP contribution in [-0.4, -0.2) is 17.8 Å². The summed E-state index contributed by atoms with van der Waals surface area (Å²) in [5.41, 5.74) is 5.27. The fourth-order valence-corrected chi connectivity index (χ4v) is 4.24. The third-order valence-corrected chi connectivity index (χ3v) is 5.63. The van der Waals surface area contributed by atoms with E-state index in [2.05, 4.69) is 83.1 Å². The number of hydrogen-bond acceptors (Lipinski definition) is 4. The van der Waals surface area contributed by atoms with E-state index in [9.17, 15) is 0 Å². The Balaban J connectivity index is 2.06. The lowest BCUT2D eigenvalue weighted by molar-refractivity contribution is 0.396. The maximum atomic E-state index is 8.45. The smallest absolute Gasteiger partial charge is 0.224 e. The number of benzene rings is 3. The second-order valence-corrected chi connectivity index (χ2v) is 7.79. The van der Waals surface area contributed by atoms with Crippen LogP contribution in [0, 0.1) is 12.3 Å². The Morgan fingerprint density at radius 3 is 1.62 bits per heavy atom. The highest BCUT2D eigenvalue weighted by molar-refractivity contribution is 6.03. The van der Waals surface area contributed by atoms with Crippen molar-refractivity contribution in [2.45, 2.75) is 19.4 Å². The van der Waals surface area contributed by atoms with Crippen molar-refractivity contribution in [1.29, 1.82) is 5.41 Å². The predicted molar refractivity (Wildman–Crippen MR) is 131 cm³/mol. The van der Waals surface area contributed by atoms with Gasteiger partial charge in [0.15, 0.2) is 0 Å². The molecule has 0 aliphatic rings. The largest absolute Gasteiger partial charge is 0.480 e. The number of methoxy groups -OCH3 is 1. The predicted octanol–water partition coefficient (Wildman–Crippen LogP) is 6.19. The normalized spacial score (nSPS) is 11.1. The average Bonchev–Trinajstić information content (AvgIpc) is 2.83. The molecule has 1 heterocycles. The Morgan fingerprint density at radius 1 is 0.812 bits per heavy atom. The number of aryl methyl sites for hydroxylation is 1. The van der Waals surface area contributed by atoms with Gasteiger partial charge in [-0.3, -0.25) is 0 Å². The first kappa shape index (κ1) is 21.3. The molecule has 4 heteroatoms. The first-order chi connectivity index (χ1) is 15.6. The van der Waals surface area contributed by atoms with Crippen LogP contribution in [0.2, 0.25) is 0 Å². The van der Waals surface area contributed by atoms with Crippen LogP contribution in [0.25, 0.3) is 0 Å². The number of hydrogen-bond donors (Lipinski definition) is 2. The van der Waals surface area contributed by atoms with Gasteiger partial charge in [0.25, 0.3) is 0 Å². The third kappa shape index (κ3) is 3.87. The minimum Gasteiger partial charge on any atom is -0.480 e. The van der Waals surface area contributed by atoms with Crippen LogP contribution in [-0.2, 0) is 5.54 Å². The first-order valence-corrected chi connectivity index (χ1v) is 10.6. The number of nitrogens with one attached hydrogen (secondary N) is 2. The van der Waals surface area contributed by atoms with Crippen LogP contribution >= 0.6 is 0 Å². The van der Waals surface area contributed by atoms with E-state index in [1.54, 1.807) is 14.0 Å². The Bertz CT molecular complexity index is 1110.